The fourth-order valence-corrected chi connectivity index (χ4v) is 4.41. The van der Waals surface area contributed by atoms with Crippen molar-refractivity contribution in [2.45, 2.75) is 84.5 Å². The summed E-state index contributed by atoms with van der Waals surface area (Å²) in [6, 6.07) is 9.76. The van der Waals surface area contributed by atoms with Crippen LogP contribution in [0.4, 0.5) is 0 Å². The minimum Gasteiger partial charge on any atom is -0.466 e. The van der Waals surface area contributed by atoms with Crippen LogP contribution in [0.15, 0.2) is 35.2 Å². The SMILES string of the molecule is CCCCCCCCCCCC[S@@](=O)/C(=C/c1ccccc1)CC(=O)OCC. The summed E-state index contributed by atoms with van der Waals surface area (Å²) >= 11 is 0. The van der Waals surface area contributed by atoms with Gasteiger partial charge in [-0.2, -0.15) is 0 Å². The number of esters is 1. The zero-order chi connectivity index (χ0) is 20.5. The quantitative estimate of drug-likeness (QED) is 0.228. The van der Waals surface area contributed by atoms with Gasteiger partial charge in [0, 0.05) is 21.5 Å². The van der Waals surface area contributed by atoms with E-state index in [-0.39, 0.29) is 12.4 Å². The van der Waals surface area contributed by atoms with Crippen LogP contribution < -0.4 is 0 Å². The van der Waals surface area contributed by atoms with Crippen molar-refractivity contribution in [2.24, 2.45) is 0 Å². The van der Waals surface area contributed by atoms with Gasteiger partial charge in [0.2, 0.25) is 0 Å². The fraction of sp³-hybridized carbons (Fsp3) is 0.625. The van der Waals surface area contributed by atoms with Crippen LogP contribution in [0, 0.1) is 0 Å². The molecule has 0 saturated heterocycles. The molecule has 0 bridgehead atoms. The highest BCUT2D eigenvalue weighted by Gasteiger charge is 2.13. The summed E-state index contributed by atoms with van der Waals surface area (Å²) in [4.78, 5) is 12.6. The van der Waals surface area contributed by atoms with E-state index in [4.69, 9.17) is 4.74 Å². The van der Waals surface area contributed by atoms with E-state index < -0.39 is 10.8 Å². The first-order valence-electron chi connectivity index (χ1n) is 11.0. The minimum atomic E-state index is -1.13. The van der Waals surface area contributed by atoms with Crippen LogP contribution in [0.5, 0.6) is 0 Å². The number of carbonyl (C=O) groups excluding carboxylic acids is 1. The van der Waals surface area contributed by atoms with Crippen LogP contribution in [0.2, 0.25) is 0 Å². The molecule has 3 nitrogen and oxygen atoms in total. The van der Waals surface area contributed by atoms with Crippen molar-refractivity contribution in [3.8, 4) is 0 Å². The van der Waals surface area contributed by atoms with Crippen LogP contribution in [0.1, 0.15) is 90.0 Å². The zero-order valence-corrected chi connectivity index (χ0v) is 18.6. The van der Waals surface area contributed by atoms with Gasteiger partial charge in [0.1, 0.15) is 0 Å². The summed E-state index contributed by atoms with van der Waals surface area (Å²) in [6.07, 6.45) is 14.6. The molecule has 0 aromatic heterocycles. The van der Waals surface area contributed by atoms with E-state index in [2.05, 4.69) is 6.92 Å². The Morgan fingerprint density at radius 1 is 0.893 bits per heavy atom. The predicted octanol–water partition coefficient (Wildman–Crippen LogP) is 6.65. The molecule has 0 unspecified atom stereocenters. The van der Waals surface area contributed by atoms with Crippen molar-refractivity contribution < 1.29 is 13.7 Å². The Morgan fingerprint density at radius 3 is 2.04 bits per heavy atom. The van der Waals surface area contributed by atoms with Crippen LogP contribution in [0.25, 0.3) is 6.08 Å². The first-order chi connectivity index (χ1) is 13.7. The van der Waals surface area contributed by atoms with Gasteiger partial charge in [-0.3, -0.25) is 9.00 Å². The molecule has 0 aliphatic carbocycles. The maximum absolute atomic E-state index is 12.8. The summed E-state index contributed by atoms with van der Waals surface area (Å²) in [5.41, 5.74) is 0.971. The number of carbonyl (C=O) groups is 1. The summed E-state index contributed by atoms with van der Waals surface area (Å²) in [5, 5.41) is 0. The predicted molar refractivity (Wildman–Crippen MR) is 121 cm³/mol. The second kappa shape index (κ2) is 16.5. The number of ether oxygens (including phenoxy) is 1. The van der Waals surface area contributed by atoms with Gasteiger partial charge in [0.05, 0.1) is 13.0 Å². The van der Waals surface area contributed by atoms with Gasteiger partial charge in [-0.05, 0) is 25.0 Å². The number of hydrogen-bond acceptors (Lipinski definition) is 3. The highest BCUT2D eigenvalue weighted by atomic mass is 32.2. The van der Waals surface area contributed by atoms with Gasteiger partial charge in [-0.25, -0.2) is 0 Å². The second-order valence-corrected chi connectivity index (χ2v) is 8.86. The lowest BCUT2D eigenvalue weighted by atomic mass is 10.1. The highest BCUT2D eigenvalue weighted by molar-refractivity contribution is 7.89. The van der Waals surface area contributed by atoms with E-state index in [1.807, 2.05) is 36.4 Å². The largest absolute Gasteiger partial charge is 0.466 e. The Bertz CT molecular complexity index is 581. The van der Waals surface area contributed by atoms with Crippen molar-refractivity contribution in [1.29, 1.82) is 0 Å². The summed E-state index contributed by atoms with van der Waals surface area (Å²) < 4.78 is 17.8. The van der Waals surface area contributed by atoms with Crippen molar-refractivity contribution >= 4 is 22.8 Å². The molecule has 4 heteroatoms. The molecule has 0 aliphatic rings. The molecular formula is C24H38O3S. The van der Waals surface area contributed by atoms with E-state index in [0.29, 0.717) is 17.3 Å². The molecule has 0 aliphatic heterocycles. The van der Waals surface area contributed by atoms with Gasteiger partial charge < -0.3 is 4.74 Å². The topological polar surface area (TPSA) is 43.4 Å². The van der Waals surface area contributed by atoms with Gasteiger partial charge in [0.25, 0.3) is 0 Å². The smallest absolute Gasteiger partial charge is 0.310 e. The highest BCUT2D eigenvalue weighted by Crippen LogP contribution is 2.17. The van der Waals surface area contributed by atoms with Gasteiger partial charge in [0.15, 0.2) is 0 Å². The summed E-state index contributed by atoms with van der Waals surface area (Å²) in [5.74, 6) is 0.315. The molecule has 1 aromatic carbocycles. The van der Waals surface area contributed by atoms with Crippen molar-refractivity contribution in [1.82, 2.24) is 0 Å². The number of hydrogen-bond donors (Lipinski definition) is 0. The van der Waals surface area contributed by atoms with Gasteiger partial charge in [-0.15, -0.1) is 0 Å². The molecule has 28 heavy (non-hydrogen) atoms. The maximum atomic E-state index is 12.8. The van der Waals surface area contributed by atoms with Crippen molar-refractivity contribution in [3.63, 3.8) is 0 Å². The Kier molecular flexibility index (Phi) is 14.5. The van der Waals surface area contributed by atoms with Crippen LogP contribution in [0.3, 0.4) is 0 Å². The minimum absolute atomic E-state index is 0.104. The summed E-state index contributed by atoms with van der Waals surface area (Å²) in [7, 11) is -1.13. The zero-order valence-electron chi connectivity index (χ0n) is 17.8. The van der Waals surface area contributed by atoms with Crippen LogP contribution in [-0.4, -0.2) is 22.5 Å². The average Bonchev–Trinajstić information content (AvgIpc) is 2.69. The Balaban J connectivity index is 2.37. The molecule has 0 N–H and O–H groups in total. The number of unbranched alkanes of at least 4 members (excludes halogenated alkanes) is 9. The lowest BCUT2D eigenvalue weighted by molar-refractivity contribution is -0.142. The van der Waals surface area contributed by atoms with Gasteiger partial charge >= 0.3 is 5.97 Å². The molecular weight excluding hydrogens is 368 g/mol. The Morgan fingerprint density at radius 2 is 1.46 bits per heavy atom. The lowest BCUT2D eigenvalue weighted by Crippen LogP contribution is -2.10. The molecule has 0 saturated carbocycles. The van der Waals surface area contributed by atoms with E-state index >= 15 is 0 Å². The average molecular weight is 407 g/mol. The second-order valence-electron chi connectivity index (χ2n) is 7.23. The van der Waals surface area contributed by atoms with Crippen LogP contribution in [-0.2, 0) is 20.3 Å². The lowest BCUT2D eigenvalue weighted by Gasteiger charge is -2.08. The molecule has 0 radical (unpaired) electrons. The first-order valence-corrected chi connectivity index (χ1v) is 12.3. The molecule has 0 spiro atoms. The molecule has 0 amide bonds. The summed E-state index contributed by atoms with van der Waals surface area (Å²) in [6.45, 7) is 4.39. The molecule has 0 fully saturated rings. The van der Waals surface area contributed by atoms with E-state index in [1.165, 1.54) is 51.4 Å². The van der Waals surface area contributed by atoms with Gasteiger partial charge in [-0.1, -0.05) is 95.0 Å². The first kappa shape index (κ1) is 24.6. The molecule has 0 heterocycles. The third-order valence-corrected chi connectivity index (χ3v) is 6.23. The fourth-order valence-electron chi connectivity index (χ4n) is 3.14. The van der Waals surface area contributed by atoms with E-state index in [1.54, 1.807) is 6.92 Å². The number of rotatable bonds is 16. The molecule has 158 valence electrons. The standard InChI is InChI=1S/C24H38O3S/c1-3-5-6-7-8-9-10-11-12-16-19-28(26)23(21-24(25)27-4-2)20-22-17-14-13-15-18-22/h13-15,17-18,20H,3-12,16,19,21H2,1-2H3/b23-20+/t28-/m1/s1. The number of benzene rings is 1. The van der Waals surface area contributed by atoms with E-state index in [9.17, 15) is 9.00 Å². The monoisotopic (exact) mass is 406 g/mol. The van der Waals surface area contributed by atoms with E-state index in [0.717, 1.165) is 18.4 Å². The maximum Gasteiger partial charge on any atom is 0.310 e. The molecule has 1 rings (SSSR count). The van der Waals surface area contributed by atoms with Crippen molar-refractivity contribution in [2.75, 3.05) is 12.4 Å². The molecule has 1 aromatic rings. The normalized spacial score (nSPS) is 12.7. The molecule has 1 atom stereocenters. The Labute approximate surface area is 174 Å². The van der Waals surface area contributed by atoms with Crippen molar-refractivity contribution in [3.05, 3.63) is 40.8 Å². The third-order valence-electron chi connectivity index (χ3n) is 4.73. The van der Waals surface area contributed by atoms with Crippen LogP contribution >= 0.6 is 0 Å². The third kappa shape index (κ3) is 12.1. The Hall–Kier alpha value is -1.42.